The van der Waals surface area contributed by atoms with Gasteiger partial charge in [0.2, 0.25) is 5.82 Å². The molecule has 2 aromatic rings. The van der Waals surface area contributed by atoms with Gasteiger partial charge in [0.05, 0.1) is 0 Å². The Morgan fingerprint density at radius 3 is 2.65 bits per heavy atom. The minimum atomic E-state index is -0.626. The van der Waals surface area contributed by atoms with E-state index < -0.39 is 5.60 Å². The zero-order valence-electron chi connectivity index (χ0n) is 9.84. The van der Waals surface area contributed by atoms with Crippen molar-refractivity contribution in [2.75, 3.05) is 12.8 Å². The Bertz CT molecular complexity index is 523. The molecule has 0 aliphatic rings. The minimum absolute atomic E-state index is 0.232. The molecule has 0 aromatic carbocycles. The van der Waals surface area contributed by atoms with Gasteiger partial charge in [-0.1, -0.05) is 5.16 Å². The van der Waals surface area contributed by atoms with Gasteiger partial charge >= 0.3 is 0 Å². The summed E-state index contributed by atoms with van der Waals surface area (Å²) >= 11 is 0. The second kappa shape index (κ2) is 4.10. The smallest absolute Gasteiger partial charge is 0.280 e. The number of rotatable bonds is 3. The quantitative estimate of drug-likeness (QED) is 0.846. The normalized spacial score (nSPS) is 11.7. The van der Waals surface area contributed by atoms with Crippen molar-refractivity contribution < 1.29 is 9.26 Å². The lowest BCUT2D eigenvalue weighted by Gasteiger charge is -2.17. The SMILES string of the molecule is COC(C)(C)c1noc(-c2nccnc2N)n1. The molecule has 90 valence electrons. The highest BCUT2D eigenvalue weighted by molar-refractivity contribution is 5.61. The van der Waals surface area contributed by atoms with Gasteiger partial charge in [-0.05, 0) is 13.8 Å². The van der Waals surface area contributed by atoms with Crippen LogP contribution in [0.4, 0.5) is 5.82 Å². The Hall–Kier alpha value is -2.02. The summed E-state index contributed by atoms with van der Waals surface area (Å²) in [7, 11) is 1.58. The molecular formula is C10H13N5O2. The number of anilines is 1. The first-order chi connectivity index (χ1) is 8.04. The third kappa shape index (κ3) is 2.09. The average molecular weight is 235 g/mol. The lowest BCUT2D eigenvalue weighted by Crippen LogP contribution is -2.21. The number of nitrogens with zero attached hydrogens (tertiary/aromatic N) is 4. The third-order valence-corrected chi connectivity index (χ3v) is 2.40. The first kappa shape index (κ1) is 11.5. The van der Waals surface area contributed by atoms with Crippen molar-refractivity contribution in [2.24, 2.45) is 0 Å². The average Bonchev–Trinajstić information content (AvgIpc) is 2.79. The molecular weight excluding hydrogens is 222 g/mol. The fraction of sp³-hybridized carbons (Fsp3) is 0.400. The molecule has 0 bridgehead atoms. The zero-order valence-corrected chi connectivity index (χ0v) is 9.84. The summed E-state index contributed by atoms with van der Waals surface area (Å²) in [6.07, 6.45) is 3.01. The number of ether oxygens (including phenoxy) is 1. The van der Waals surface area contributed by atoms with Crippen LogP contribution in [-0.4, -0.2) is 27.2 Å². The molecule has 0 aliphatic heterocycles. The van der Waals surface area contributed by atoms with Crippen molar-refractivity contribution in [3.05, 3.63) is 18.2 Å². The highest BCUT2D eigenvalue weighted by Gasteiger charge is 2.27. The summed E-state index contributed by atoms with van der Waals surface area (Å²) in [5.41, 5.74) is 5.42. The largest absolute Gasteiger partial charge is 0.382 e. The van der Waals surface area contributed by atoms with Gasteiger partial charge in [-0.25, -0.2) is 9.97 Å². The molecule has 0 atom stereocenters. The van der Waals surface area contributed by atoms with Crippen molar-refractivity contribution in [1.82, 2.24) is 20.1 Å². The molecule has 2 heterocycles. The van der Waals surface area contributed by atoms with Crippen LogP contribution in [0.25, 0.3) is 11.6 Å². The molecule has 17 heavy (non-hydrogen) atoms. The molecule has 0 spiro atoms. The summed E-state index contributed by atoms with van der Waals surface area (Å²) in [5, 5.41) is 3.84. The second-order valence-electron chi connectivity index (χ2n) is 3.93. The number of hydrogen-bond acceptors (Lipinski definition) is 7. The Balaban J connectivity index is 2.40. The van der Waals surface area contributed by atoms with Crippen LogP contribution in [-0.2, 0) is 10.3 Å². The summed E-state index contributed by atoms with van der Waals surface area (Å²) in [5.74, 6) is 0.911. The summed E-state index contributed by atoms with van der Waals surface area (Å²) in [6, 6.07) is 0. The van der Waals surface area contributed by atoms with E-state index in [9.17, 15) is 0 Å². The molecule has 0 amide bonds. The molecule has 0 unspecified atom stereocenters. The molecule has 0 saturated carbocycles. The Labute approximate surface area is 98.0 Å². The van der Waals surface area contributed by atoms with Crippen LogP contribution in [0.3, 0.4) is 0 Å². The van der Waals surface area contributed by atoms with E-state index in [-0.39, 0.29) is 11.7 Å². The molecule has 0 saturated heterocycles. The van der Waals surface area contributed by atoms with E-state index in [0.29, 0.717) is 11.5 Å². The van der Waals surface area contributed by atoms with E-state index in [2.05, 4.69) is 20.1 Å². The maximum atomic E-state index is 5.67. The van der Waals surface area contributed by atoms with E-state index in [0.717, 1.165) is 0 Å². The fourth-order valence-electron chi connectivity index (χ4n) is 1.17. The Morgan fingerprint density at radius 2 is 2.00 bits per heavy atom. The molecule has 2 aromatic heterocycles. The van der Waals surface area contributed by atoms with Crippen LogP contribution < -0.4 is 5.73 Å². The summed E-state index contributed by atoms with van der Waals surface area (Å²) in [6.45, 7) is 3.67. The van der Waals surface area contributed by atoms with Crippen molar-refractivity contribution in [3.63, 3.8) is 0 Å². The Morgan fingerprint density at radius 1 is 1.29 bits per heavy atom. The molecule has 2 rings (SSSR count). The molecule has 0 aliphatic carbocycles. The predicted octanol–water partition coefficient (Wildman–Crippen LogP) is 0.990. The highest BCUT2D eigenvalue weighted by atomic mass is 16.5. The summed E-state index contributed by atoms with van der Waals surface area (Å²) in [4.78, 5) is 12.1. The van der Waals surface area contributed by atoms with Crippen molar-refractivity contribution in [1.29, 1.82) is 0 Å². The second-order valence-corrected chi connectivity index (χ2v) is 3.93. The van der Waals surface area contributed by atoms with Crippen molar-refractivity contribution >= 4 is 5.82 Å². The summed E-state index contributed by atoms with van der Waals surface area (Å²) < 4.78 is 10.3. The van der Waals surface area contributed by atoms with Gasteiger partial charge in [-0.2, -0.15) is 4.98 Å². The molecule has 2 N–H and O–H groups in total. The zero-order chi connectivity index (χ0) is 12.5. The standard InChI is InChI=1S/C10H13N5O2/c1-10(2,16-3)9-14-8(17-15-9)6-7(11)13-5-4-12-6/h4-5H,1-3H3,(H2,11,13). The molecule has 7 heteroatoms. The van der Waals surface area contributed by atoms with Gasteiger partial charge in [-0.3, -0.25) is 0 Å². The maximum absolute atomic E-state index is 5.67. The van der Waals surface area contributed by atoms with Gasteiger partial charge in [0, 0.05) is 19.5 Å². The van der Waals surface area contributed by atoms with E-state index in [1.807, 2.05) is 13.8 Å². The van der Waals surface area contributed by atoms with E-state index in [1.54, 1.807) is 7.11 Å². The number of aromatic nitrogens is 4. The lowest BCUT2D eigenvalue weighted by molar-refractivity contribution is 0.00973. The van der Waals surface area contributed by atoms with Gasteiger partial charge in [-0.15, -0.1) is 0 Å². The van der Waals surface area contributed by atoms with Crippen LogP contribution in [0.5, 0.6) is 0 Å². The van der Waals surface area contributed by atoms with Crippen molar-refractivity contribution in [2.45, 2.75) is 19.4 Å². The van der Waals surface area contributed by atoms with Crippen LogP contribution in [0.15, 0.2) is 16.9 Å². The van der Waals surface area contributed by atoms with E-state index >= 15 is 0 Å². The number of hydrogen-bond donors (Lipinski definition) is 1. The van der Waals surface area contributed by atoms with Crippen LogP contribution >= 0.6 is 0 Å². The maximum Gasteiger partial charge on any atom is 0.280 e. The molecule has 0 radical (unpaired) electrons. The monoisotopic (exact) mass is 235 g/mol. The predicted molar refractivity (Wildman–Crippen MR) is 59.8 cm³/mol. The minimum Gasteiger partial charge on any atom is -0.382 e. The van der Waals surface area contributed by atoms with Gasteiger partial charge in [0.25, 0.3) is 5.89 Å². The molecule has 7 nitrogen and oxygen atoms in total. The van der Waals surface area contributed by atoms with Crippen LogP contribution in [0.2, 0.25) is 0 Å². The van der Waals surface area contributed by atoms with E-state index in [1.165, 1.54) is 12.4 Å². The topological polar surface area (TPSA) is 100.0 Å². The fourth-order valence-corrected chi connectivity index (χ4v) is 1.17. The van der Waals surface area contributed by atoms with E-state index in [4.69, 9.17) is 15.0 Å². The van der Waals surface area contributed by atoms with Gasteiger partial charge < -0.3 is 15.0 Å². The van der Waals surface area contributed by atoms with Crippen LogP contribution in [0, 0.1) is 0 Å². The number of methoxy groups -OCH3 is 1. The first-order valence-corrected chi connectivity index (χ1v) is 5.01. The number of nitrogen functional groups attached to an aromatic ring is 1. The van der Waals surface area contributed by atoms with Crippen LogP contribution in [0.1, 0.15) is 19.7 Å². The molecule has 0 fully saturated rings. The van der Waals surface area contributed by atoms with Gasteiger partial charge in [0.15, 0.2) is 11.5 Å². The third-order valence-electron chi connectivity index (χ3n) is 2.40. The first-order valence-electron chi connectivity index (χ1n) is 5.01. The highest BCUT2D eigenvalue weighted by Crippen LogP contribution is 2.25. The lowest BCUT2D eigenvalue weighted by atomic mass is 10.1. The number of nitrogens with two attached hydrogens (primary N) is 1. The van der Waals surface area contributed by atoms with Gasteiger partial charge in [0.1, 0.15) is 5.60 Å². The van der Waals surface area contributed by atoms with Crippen molar-refractivity contribution in [3.8, 4) is 11.6 Å². The Kier molecular flexibility index (Phi) is 2.76.